The number of ether oxygens (including phenoxy) is 3. The average molecular weight is 365 g/mol. The highest BCUT2D eigenvalue weighted by Gasteiger charge is 2.16. The number of nitrogens with zero attached hydrogens (tertiary/aromatic N) is 1. The number of unbranched alkanes of at least 4 members (excludes halogenated alkanes) is 2. The van der Waals surface area contributed by atoms with E-state index in [9.17, 15) is 9.59 Å². The highest BCUT2D eigenvalue weighted by molar-refractivity contribution is 5.78. The van der Waals surface area contributed by atoms with Crippen molar-refractivity contribution in [2.24, 2.45) is 0 Å². The molecule has 146 valence electrons. The lowest BCUT2D eigenvalue weighted by Gasteiger charge is -2.22. The third-order valence-corrected chi connectivity index (χ3v) is 3.77. The van der Waals surface area contributed by atoms with E-state index in [1.165, 1.54) is 0 Å². The Balaban J connectivity index is 2.52. The first-order valence-electron chi connectivity index (χ1n) is 9.39. The Morgan fingerprint density at radius 2 is 1.54 bits per heavy atom. The maximum absolute atomic E-state index is 12.5. The zero-order chi connectivity index (χ0) is 19.2. The summed E-state index contributed by atoms with van der Waals surface area (Å²) in [7, 11) is 0. The van der Waals surface area contributed by atoms with Gasteiger partial charge < -0.3 is 19.1 Å². The zero-order valence-corrected chi connectivity index (χ0v) is 16.2. The molecule has 0 fully saturated rings. The van der Waals surface area contributed by atoms with Crippen molar-refractivity contribution in [3.8, 4) is 11.5 Å². The lowest BCUT2D eigenvalue weighted by Crippen LogP contribution is -2.37. The van der Waals surface area contributed by atoms with Crippen LogP contribution in [0.1, 0.15) is 46.5 Å². The number of carbonyl (C=O) groups excluding carboxylic acids is 2. The van der Waals surface area contributed by atoms with E-state index in [1.807, 2.05) is 19.1 Å². The number of hydrogen-bond donors (Lipinski definition) is 0. The van der Waals surface area contributed by atoms with Crippen molar-refractivity contribution < 1.29 is 23.8 Å². The Morgan fingerprint density at radius 1 is 0.885 bits per heavy atom. The lowest BCUT2D eigenvalue weighted by atomic mass is 10.2. The molecule has 0 heterocycles. The summed E-state index contributed by atoms with van der Waals surface area (Å²) >= 11 is 0. The van der Waals surface area contributed by atoms with Gasteiger partial charge in [0.15, 0.2) is 6.61 Å². The molecule has 0 aliphatic carbocycles. The van der Waals surface area contributed by atoms with Crippen LogP contribution >= 0.6 is 0 Å². The molecule has 1 rings (SSSR count). The number of rotatable bonds is 13. The number of esters is 1. The molecule has 0 aliphatic heterocycles. The van der Waals surface area contributed by atoms with Crippen LogP contribution in [0.4, 0.5) is 0 Å². The van der Waals surface area contributed by atoms with Crippen molar-refractivity contribution in [2.45, 2.75) is 46.5 Å². The molecule has 0 saturated carbocycles. The SMILES string of the molecule is CCCCCN(CCC(=O)OCC)C(=O)COc1ccc(OCC)cc1. The number of carbonyl (C=O) groups is 2. The van der Waals surface area contributed by atoms with Gasteiger partial charge in [0, 0.05) is 13.1 Å². The highest BCUT2D eigenvalue weighted by atomic mass is 16.5. The molecule has 0 radical (unpaired) electrons. The second-order valence-electron chi connectivity index (χ2n) is 5.84. The fourth-order valence-corrected chi connectivity index (χ4v) is 2.41. The molecule has 1 aromatic rings. The van der Waals surface area contributed by atoms with Gasteiger partial charge in [0.05, 0.1) is 19.6 Å². The van der Waals surface area contributed by atoms with Gasteiger partial charge in [-0.15, -0.1) is 0 Å². The van der Waals surface area contributed by atoms with E-state index in [0.717, 1.165) is 25.0 Å². The summed E-state index contributed by atoms with van der Waals surface area (Å²) in [5, 5.41) is 0. The Hall–Kier alpha value is -2.24. The molecule has 6 heteroatoms. The van der Waals surface area contributed by atoms with Gasteiger partial charge in [0.2, 0.25) is 0 Å². The Bertz CT molecular complexity index is 530. The largest absolute Gasteiger partial charge is 0.494 e. The van der Waals surface area contributed by atoms with E-state index >= 15 is 0 Å². The minimum Gasteiger partial charge on any atom is -0.494 e. The van der Waals surface area contributed by atoms with Crippen LogP contribution in [0.2, 0.25) is 0 Å². The lowest BCUT2D eigenvalue weighted by molar-refractivity contribution is -0.144. The van der Waals surface area contributed by atoms with Crippen molar-refractivity contribution in [2.75, 3.05) is 32.9 Å². The van der Waals surface area contributed by atoms with Crippen LogP contribution in [0.15, 0.2) is 24.3 Å². The Kier molecular flexibility index (Phi) is 10.9. The van der Waals surface area contributed by atoms with Gasteiger partial charge in [-0.25, -0.2) is 0 Å². The topological polar surface area (TPSA) is 65.1 Å². The average Bonchev–Trinajstić information content (AvgIpc) is 2.64. The summed E-state index contributed by atoms with van der Waals surface area (Å²) in [6.45, 7) is 7.68. The third kappa shape index (κ3) is 8.74. The molecule has 0 unspecified atom stereocenters. The Labute approximate surface area is 156 Å². The molecular weight excluding hydrogens is 334 g/mol. The predicted molar refractivity (Wildman–Crippen MR) is 100 cm³/mol. The second-order valence-corrected chi connectivity index (χ2v) is 5.84. The zero-order valence-electron chi connectivity index (χ0n) is 16.2. The molecule has 0 aromatic heterocycles. The molecule has 0 saturated heterocycles. The minimum absolute atomic E-state index is 0.0526. The van der Waals surface area contributed by atoms with Crippen molar-refractivity contribution >= 4 is 11.9 Å². The first kappa shape index (κ1) is 21.8. The first-order valence-corrected chi connectivity index (χ1v) is 9.39. The van der Waals surface area contributed by atoms with Gasteiger partial charge in [-0.1, -0.05) is 19.8 Å². The quantitative estimate of drug-likeness (QED) is 0.396. The predicted octanol–water partition coefficient (Wildman–Crippen LogP) is 3.44. The summed E-state index contributed by atoms with van der Waals surface area (Å²) in [4.78, 5) is 25.7. The van der Waals surface area contributed by atoms with Crippen LogP contribution in [0.3, 0.4) is 0 Å². The van der Waals surface area contributed by atoms with Crippen LogP contribution in [0.5, 0.6) is 11.5 Å². The number of hydrogen-bond acceptors (Lipinski definition) is 5. The third-order valence-electron chi connectivity index (χ3n) is 3.77. The summed E-state index contributed by atoms with van der Waals surface area (Å²) < 4.78 is 15.9. The normalized spacial score (nSPS) is 10.3. The van der Waals surface area contributed by atoms with Gasteiger partial charge in [0.25, 0.3) is 5.91 Å². The second kappa shape index (κ2) is 13.0. The van der Waals surface area contributed by atoms with Gasteiger partial charge in [0.1, 0.15) is 11.5 Å². The number of benzene rings is 1. The maximum Gasteiger partial charge on any atom is 0.307 e. The van der Waals surface area contributed by atoms with Crippen molar-refractivity contribution in [1.29, 1.82) is 0 Å². The van der Waals surface area contributed by atoms with Gasteiger partial charge in [-0.2, -0.15) is 0 Å². The van der Waals surface area contributed by atoms with Gasteiger partial charge in [-0.3, -0.25) is 9.59 Å². The molecule has 0 bridgehead atoms. The monoisotopic (exact) mass is 365 g/mol. The van der Waals surface area contributed by atoms with E-state index in [1.54, 1.807) is 24.0 Å². The smallest absolute Gasteiger partial charge is 0.307 e. The van der Waals surface area contributed by atoms with E-state index < -0.39 is 0 Å². The van der Waals surface area contributed by atoms with Crippen molar-refractivity contribution in [3.63, 3.8) is 0 Å². The highest BCUT2D eigenvalue weighted by Crippen LogP contribution is 2.17. The van der Waals surface area contributed by atoms with Crippen LogP contribution < -0.4 is 9.47 Å². The molecule has 1 aromatic carbocycles. The van der Waals surface area contributed by atoms with E-state index in [4.69, 9.17) is 14.2 Å². The molecule has 0 aliphatic rings. The summed E-state index contributed by atoms with van der Waals surface area (Å²) in [6, 6.07) is 7.17. The van der Waals surface area contributed by atoms with Gasteiger partial charge >= 0.3 is 5.97 Å². The molecule has 0 spiro atoms. The van der Waals surface area contributed by atoms with Crippen LogP contribution in [0.25, 0.3) is 0 Å². The fourth-order valence-electron chi connectivity index (χ4n) is 2.41. The van der Waals surface area contributed by atoms with Crippen molar-refractivity contribution in [3.05, 3.63) is 24.3 Å². The molecule has 1 amide bonds. The maximum atomic E-state index is 12.5. The molecule has 0 N–H and O–H groups in total. The van der Waals surface area contributed by atoms with Crippen LogP contribution in [-0.2, 0) is 14.3 Å². The minimum atomic E-state index is -0.284. The van der Waals surface area contributed by atoms with E-state index in [-0.39, 0.29) is 24.9 Å². The Morgan fingerprint density at radius 3 is 2.12 bits per heavy atom. The number of amides is 1. The molecule has 0 atom stereocenters. The summed E-state index contributed by atoms with van der Waals surface area (Å²) in [6.07, 6.45) is 3.23. The molecular formula is C20H31NO5. The molecule has 6 nitrogen and oxygen atoms in total. The molecule has 26 heavy (non-hydrogen) atoms. The fraction of sp³-hybridized carbons (Fsp3) is 0.600. The van der Waals surface area contributed by atoms with E-state index in [2.05, 4.69) is 6.92 Å². The standard InChI is InChI=1S/C20H31NO5/c1-4-7-8-14-21(15-13-20(23)25-6-3)19(22)16-26-18-11-9-17(10-12-18)24-5-2/h9-12H,4-8,13-16H2,1-3H3. The van der Waals surface area contributed by atoms with Crippen molar-refractivity contribution in [1.82, 2.24) is 4.90 Å². The summed E-state index contributed by atoms with van der Waals surface area (Å²) in [5.74, 6) is 0.968. The van der Waals surface area contributed by atoms with Crippen LogP contribution in [-0.4, -0.2) is 49.7 Å². The van der Waals surface area contributed by atoms with Crippen LogP contribution in [0, 0.1) is 0 Å². The van der Waals surface area contributed by atoms with E-state index in [0.29, 0.717) is 32.1 Å². The summed E-state index contributed by atoms with van der Waals surface area (Å²) in [5.41, 5.74) is 0. The first-order chi connectivity index (χ1) is 12.6. The van der Waals surface area contributed by atoms with Gasteiger partial charge in [-0.05, 0) is 44.5 Å².